The molecule has 2 aromatic carbocycles. The van der Waals surface area contributed by atoms with Gasteiger partial charge >= 0.3 is 0 Å². The Bertz CT molecular complexity index is 537. The summed E-state index contributed by atoms with van der Waals surface area (Å²) in [6.45, 7) is 0.850. The fourth-order valence-corrected chi connectivity index (χ4v) is 1.70. The van der Waals surface area contributed by atoms with Crippen LogP contribution < -0.4 is 9.47 Å². The summed E-state index contributed by atoms with van der Waals surface area (Å²) < 4.78 is 11.0. The van der Waals surface area contributed by atoms with E-state index in [0.717, 1.165) is 6.29 Å². The van der Waals surface area contributed by atoms with E-state index in [2.05, 4.69) is 0 Å². The lowest BCUT2D eigenvalue weighted by atomic mass is 10.2. The lowest BCUT2D eigenvalue weighted by Crippen LogP contribution is -2.08. The van der Waals surface area contributed by atoms with Gasteiger partial charge in [0.25, 0.3) is 0 Å². The zero-order chi connectivity index (χ0) is 13.5. The van der Waals surface area contributed by atoms with Crippen LogP contribution in [0, 0.1) is 0 Å². The van der Waals surface area contributed by atoms with Crippen molar-refractivity contribution >= 4 is 17.9 Å². The Hall–Kier alpha value is -2.00. The Morgan fingerprint density at radius 2 is 1.63 bits per heavy atom. The first kappa shape index (κ1) is 13.4. The topological polar surface area (TPSA) is 35.5 Å². The minimum Gasteiger partial charge on any atom is -0.490 e. The van der Waals surface area contributed by atoms with E-state index >= 15 is 0 Å². The number of carbonyl (C=O) groups is 1. The molecule has 2 rings (SSSR count). The van der Waals surface area contributed by atoms with Crippen LogP contribution in [0.1, 0.15) is 10.4 Å². The number of ether oxygens (including phenoxy) is 2. The van der Waals surface area contributed by atoms with Gasteiger partial charge in [0.2, 0.25) is 0 Å². The molecule has 19 heavy (non-hydrogen) atoms. The minimum absolute atomic E-state index is 0.424. The highest BCUT2D eigenvalue weighted by molar-refractivity contribution is 6.30. The zero-order valence-corrected chi connectivity index (χ0v) is 11.0. The molecule has 0 spiro atoms. The van der Waals surface area contributed by atoms with Gasteiger partial charge in [0, 0.05) is 10.6 Å². The molecule has 0 aliphatic carbocycles. The predicted molar refractivity (Wildman–Crippen MR) is 74.3 cm³/mol. The first-order chi connectivity index (χ1) is 9.28. The van der Waals surface area contributed by atoms with Crippen LogP contribution in [0.4, 0.5) is 0 Å². The molecule has 0 aromatic heterocycles. The first-order valence-electron chi connectivity index (χ1n) is 5.84. The second-order valence-corrected chi connectivity index (χ2v) is 4.28. The van der Waals surface area contributed by atoms with Crippen molar-refractivity contribution in [3.63, 3.8) is 0 Å². The molecule has 4 heteroatoms. The van der Waals surface area contributed by atoms with Gasteiger partial charge in [-0.25, -0.2) is 0 Å². The largest absolute Gasteiger partial charge is 0.490 e. The van der Waals surface area contributed by atoms with Gasteiger partial charge in [-0.05, 0) is 42.5 Å². The summed E-state index contributed by atoms with van der Waals surface area (Å²) in [5, 5.41) is 0.642. The molecule has 0 aliphatic rings. The molecular weight excluding hydrogens is 264 g/mol. The molecule has 0 fully saturated rings. The van der Waals surface area contributed by atoms with Crippen molar-refractivity contribution in [2.75, 3.05) is 13.2 Å². The molecule has 0 atom stereocenters. The van der Waals surface area contributed by atoms with Crippen LogP contribution in [-0.2, 0) is 0 Å². The van der Waals surface area contributed by atoms with Crippen LogP contribution >= 0.6 is 11.6 Å². The third kappa shape index (κ3) is 4.30. The van der Waals surface area contributed by atoms with E-state index in [9.17, 15) is 4.79 Å². The smallest absolute Gasteiger partial charge is 0.150 e. The van der Waals surface area contributed by atoms with Gasteiger partial charge in [-0.2, -0.15) is 0 Å². The number of rotatable bonds is 6. The lowest BCUT2D eigenvalue weighted by Gasteiger charge is -2.08. The Morgan fingerprint density at radius 1 is 0.947 bits per heavy atom. The van der Waals surface area contributed by atoms with E-state index in [-0.39, 0.29) is 0 Å². The van der Waals surface area contributed by atoms with Gasteiger partial charge in [-0.3, -0.25) is 4.79 Å². The molecule has 98 valence electrons. The molecule has 0 heterocycles. The number of aldehydes is 1. The normalized spacial score (nSPS) is 9.95. The van der Waals surface area contributed by atoms with E-state index in [1.54, 1.807) is 36.4 Å². The monoisotopic (exact) mass is 276 g/mol. The molecule has 0 saturated carbocycles. The Morgan fingerprint density at radius 3 is 2.26 bits per heavy atom. The fraction of sp³-hybridized carbons (Fsp3) is 0.133. The molecule has 0 N–H and O–H groups in total. The van der Waals surface area contributed by atoms with Crippen LogP contribution in [0.25, 0.3) is 0 Å². The summed E-state index contributed by atoms with van der Waals surface area (Å²) >= 11 is 5.84. The van der Waals surface area contributed by atoms with Crippen molar-refractivity contribution in [1.82, 2.24) is 0 Å². The maximum Gasteiger partial charge on any atom is 0.150 e. The second-order valence-electron chi connectivity index (χ2n) is 3.84. The number of hydrogen-bond acceptors (Lipinski definition) is 3. The summed E-state index contributed by atoms with van der Waals surface area (Å²) in [6, 6.07) is 14.1. The van der Waals surface area contributed by atoms with Crippen LogP contribution in [0.5, 0.6) is 11.5 Å². The maximum absolute atomic E-state index is 10.5. The van der Waals surface area contributed by atoms with Crippen molar-refractivity contribution < 1.29 is 14.3 Å². The molecule has 2 aromatic rings. The molecule has 0 bridgehead atoms. The molecule has 0 aliphatic heterocycles. The third-order valence-corrected chi connectivity index (χ3v) is 2.67. The third-order valence-electron chi connectivity index (χ3n) is 2.43. The predicted octanol–water partition coefficient (Wildman–Crippen LogP) is 3.61. The second kappa shape index (κ2) is 6.81. The van der Waals surface area contributed by atoms with E-state index < -0.39 is 0 Å². The number of carbonyl (C=O) groups excluding carboxylic acids is 1. The van der Waals surface area contributed by atoms with Gasteiger partial charge in [-0.1, -0.05) is 17.7 Å². The van der Waals surface area contributed by atoms with Gasteiger partial charge < -0.3 is 9.47 Å². The average Bonchev–Trinajstić information content (AvgIpc) is 2.44. The van der Waals surface area contributed by atoms with E-state index in [0.29, 0.717) is 35.3 Å². The molecule has 3 nitrogen and oxygen atoms in total. The standard InChI is InChI=1S/C15H13ClO3/c16-13-2-1-3-15(10-13)19-9-8-18-14-6-4-12(11-17)5-7-14/h1-7,10-11H,8-9H2. The number of hydrogen-bond donors (Lipinski definition) is 0. The van der Waals surface area contributed by atoms with Gasteiger partial charge in [0.1, 0.15) is 31.0 Å². The van der Waals surface area contributed by atoms with Gasteiger partial charge in [0.15, 0.2) is 0 Å². The van der Waals surface area contributed by atoms with Crippen LogP contribution in [-0.4, -0.2) is 19.5 Å². The molecule has 0 amide bonds. The lowest BCUT2D eigenvalue weighted by molar-refractivity contribution is 0.112. The highest BCUT2D eigenvalue weighted by Crippen LogP contribution is 2.17. The Kier molecular flexibility index (Phi) is 4.81. The number of halogens is 1. The Labute approximate surface area is 116 Å². The van der Waals surface area contributed by atoms with Gasteiger partial charge in [0.05, 0.1) is 0 Å². The average molecular weight is 277 g/mol. The minimum atomic E-state index is 0.424. The van der Waals surface area contributed by atoms with Crippen LogP contribution in [0.15, 0.2) is 48.5 Å². The van der Waals surface area contributed by atoms with Crippen molar-refractivity contribution in [3.8, 4) is 11.5 Å². The summed E-state index contributed by atoms with van der Waals surface area (Å²) in [5.74, 6) is 1.42. The molecule has 0 radical (unpaired) electrons. The highest BCUT2D eigenvalue weighted by Gasteiger charge is 1.97. The van der Waals surface area contributed by atoms with Crippen molar-refractivity contribution in [1.29, 1.82) is 0 Å². The van der Waals surface area contributed by atoms with Crippen molar-refractivity contribution in [2.45, 2.75) is 0 Å². The van der Waals surface area contributed by atoms with Gasteiger partial charge in [-0.15, -0.1) is 0 Å². The zero-order valence-electron chi connectivity index (χ0n) is 10.2. The number of benzene rings is 2. The van der Waals surface area contributed by atoms with E-state index in [1.165, 1.54) is 0 Å². The Balaban J connectivity index is 1.75. The summed E-state index contributed by atoms with van der Waals surface area (Å²) in [6.07, 6.45) is 0.798. The SMILES string of the molecule is O=Cc1ccc(OCCOc2cccc(Cl)c2)cc1. The van der Waals surface area contributed by atoms with E-state index in [4.69, 9.17) is 21.1 Å². The highest BCUT2D eigenvalue weighted by atomic mass is 35.5. The quantitative estimate of drug-likeness (QED) is 0.597. The summed E-state index contributed by atoms with van der Waals surface area (Å²) in [4.78, 5) is 10.5. The summed E-state index contributed by atoms with van der Waals surface area (Å²) in [5.41, 5.74) is 0.627. The van der Waals surface area contributed by atoms with Crippen LogP contribution in [0.3, 0.4) is 0 Å². The van der Waals surface area contributed by atoms with Crippen molar-refractivity contribution in [3.05, 3.63) is 59.1 Å². The fourth-order valence-electron chi connectivity index (χ4n) is 1.52. The van der Waals surface area contributed by atoms with E-state index in [1.807, 2.05) is 12.1 Å². The molecule has 0 saturated heterocycles. The maximum atomic E-state index is 10.5. The summed E-state index contributed by atoms with van der Waals surface area (Å²) in [7, 11) is 0. The first-order valence-corrected chi connectivity index (χ1v) is 6.22. The molecule has 0 unspecified atom stereocenters. The van der Waals surface area contributed by atoms with Crippen molar-refractivity contribution in [2.24, 2.45) is 0 Å². The molecular formula is C15H13ClO3. The van der Waals surface area contributed by atoms with Crippen LogP contribution in [0.2, 0.25) is 5.02 Å².